The minimum absolute atomic E-state index is 0.0568. The highest BCUT2D eigenvalue weighted by atomic mass is 16.6. The van der Waals surface area contributed by atoms with Crippen LogP contribution in [0.15, 0.2) is 78.9 Å². The van der Waals surface area contributed by atoms with Crippen molar-refractivity contribution < 1.29 is 29.3 Å². The molecule has 3 amide bonds. The van der Waals surface area contributed by atoms with Gasteiger partial charge in [0.1, 0.15) is 23.4 Å². The second-order valence-corrected chi connectivity index (χ2v) is 10.4. The molecule has 0 saturated carbocycles. The Labute approximate surface area is 234 Å². The highest BCUT2D eigenvalue weighted by Crippen LogP contribution is 2.26. The molecular weight excluding hydrogens is 510 g/mol. The zero-order valence-electron chi connectivity index (χ0n) is 23.3. The maximum absolute atomic E-state index is 14.2. The van der Waals surface area contributed by atoms with Crippen LogP contribution in [0, 0.1) is 6.92 Å². The van der Waals surface area contributed by atoms with E-state index in [4.69, 9.17) is 4.74 Å². The van der Waals surface area contributed by atoms with Gasteiger partial charge < -0.3 is 30.5 Å². The summed E-state index contributed by atoms with van der Waals surface area (Å²) in [5, 5.41) is 25.2. The molecule has 212 valence electrons. The van der Waals surface area contributed by atoms with Crippen LogP contribution in [0.2, 0.25) is 0 Å². The summed E-state index contributed by atoms with van der Waals surface area (Å²) in [5.41, 5.74) is 1.84. The number of anilines is 1. The van der Waals surface area contributed by atoms with E-state index in [1.807, 2.05) is 19.1 Å². The fourth-order valence-corrected chi connectivity index (χ4v) is 4.21. The summed E-state index contributed by atoms with van der Waals surface area (Å²) in [5.74, 6) is -0.990. The van der Waals surface area contributed by atoms with Crippen molar-refractivity contribution in [3.8, 4) is 5.75 Å². The van der Waals surface area contributed by atoms with E-state index in [9.17, 15) is 24.6 Å². The first kappa shape index (κ1) is 30.2. The number of alkyl carbamates (subject to hydrolysis) is 1. The molecule has 9 nitrogen and oxygen atoms in total. The Hall–Kier alpha value is -4.37. The number of hydrogen-bond acceptors (Lipinski definition) is 6. The lowest BCUT2D eigenvalue weighted by molar-refractivity contribution is -0.141. The number of aliphatic hydroxyl groups is 1. The third-order valence-corrected chi connectivity index (χ3v) is 6.07. The van der Waals surface area contributed by atoms with Crippen LogP contribution in [0.5, 0.6) is 5.75 Å². The average molecular weight is 548 g/mol. The second kappa shape index (κ2) is 13.6. The monoisotopic (exact) mass is 547 g/mol. The molecule has 3 aromatic rings. The van der Waals surface area contributed by atoms with Crippen LogP contribution in [0.3, 0.4) is 0 Å². The smallest absolute Gasteiger partial charge is 0.408 e. The predicted octanol–water partition coefficient (Wildman–Crippen LogP) is 4.34. The number of benzene rings is 3. The summed E-state index contributed by atoms with van der Waals surface area (Å²) >= 11 is 0. The maximum atomic E-state index is 14.2. The topological polar surface area (TPSA) is 128 Å². The molecule has 0 aliphatic heterocycles. The van der Waals surface area contributed by atoms with E-state index in [1.165, 1.54) is 17.0 Å². The van der Waals surface area contributed by atoms with Crippen molar-refractivity contribution in [1.82, 2.24) is 10.2 Å². The van der Waals surface area contributed by atoms with Gasteiger partial charge in [0, 0.05) is 18.7 Å². The van der Waals surface area contributed by atoms with Crippen LogP contribution in [0.1, 0.15) is 43.5 Å². The largest absolute Gasteiger partial charge is 0.508 e. The Balaban J connectivity index is 2.01. The van der Waals surface area contributed by atoms with E-state index in [1.54, 1.807) is 75.4 Å². The molecule has 9 heteroatoms. The van der Waals surface area contributed by atoms with E-state index in [-0.39, 0.29) is 18.7 Å². The number of amides is 3. The van der Waals surface area contributed by atoms with Crippen molar-refractivity contribution in [3.05, 3.63) is 95.6 Å². The molecule has 2 atom stereocenters. The van der Waals surface area contributed by atoms with Crippen LogP contribution in [0.25, 0.3) is 0 Å². The summed E-state index contributed by atoms with van der Waals surface area (Å²) in [6.45, 7) is 6.42. The van der Waals surface area contributed by atoms with Crippen LogP contribution in [-0.2, 0) is 20.7 Å². The van der Waals surface area contributed by atoms with Crippen molar-refractivity contribution in [2.45, 2.75) is 51.8 Å². The van der Waals surface area contributed by atoms with Crippen molar-refractivity contribution in [2.24, 2.45) is 0 Å². The fourth-order valence-electron chi connectivity index (χ4n) is 4.21. The number of carbonyl (C=O) groups is 3. The number of aliphatic hydroxyl groups excluding tert-OH is 1. The molecule has 0 heterocycles. The number of hydrogen-bond donors (Lipinski definition) is 4. The summed E-state index contributed by atoms with van der Waals surface area (Å²) in [7, 11) is 0. The second-order valence-electron chi connectivity index (χ2n) is 10.4. The number of phenols is 1. The normalized spacial score (nSPS) is 12.6. The van der Waals surface area contributed by atoms with Crippen molar-refractivity contribution in [2.75, 3.05) is 18.5 Å². The number of aromatic hydroxyl groups is 1. The number of phenolic OH excluding ortho intramolecular Hbond substituents is 1. The third kappa shape index (κ3) is 8.57. The van der Waals surface area contributed by atoms with Crippen LogP contribution >= 0.6 is 0 Å². The average Bonchev–Trinajstić information content (AvgIpc) is 2.90. The zero-order chi connectivity index (χ0) is 29.3. The van der Waals surface area contributed by atoms with Crippen molar-refractivity contribution in [3.63, 3.8) is 0 Å². The fraction of sp³-hybridized carbons (Fsp3) is 0.323. The van der Waals surface area contributed by atoms with E-state index in [2.05, 4.69) is 10.6 Å². The minimum atomic E-state index is -1.14. The summed E-state index contributed by atoms with van der Waals surface area (Å²) < 4.78 is 5.41. The standard InChI is InChI=1S/C31H37N3O6/c1-21-10-8-9-13-25(21)32-28(37)27(23-11-6-5-7-12-23)34(18-19-35)29(38)26(33-30(39)40-31(2,3)4)20-22-14-16-24(36)17-15-22/h5-17,26-27,35-36H,18-20H2,1-4H3,(H,32,37)(H,33,39). The molecule has 0 aromatic heterocycles. The molecule has 0 saturated heterocycles. The Kier molecular flexibility index (Phi) is 10.3. The van der Waals surface area contributed by atoms with Crippen LogP contribution in [-0.4, -0.2) is 57.8 Å². The Morgan fingerprint density at radius 1 is 0.925 bits per heavy atom. The lowest BCUT2D eigenvalue weighted by Gasteiger charge is -2.34. The molecule has 0 bridgehead atoms. The number of ether oxygens (including phenoxy) is 1. The Morgan fingerprint density at radius 2 is 1.55 bits per heavy atom. The lowest BCUT2D eigenvalue weighted by Crippen LogP contribution is -2.53. The number of para-hydroxylation sites is 1. The van der Waals surface area contributed by atoms with Crippen LogP contribution < -0.4 is 10.6 Å². The first-order valence-electron chi connectivity index (χ1n) is 13.1. The Morgan fingerprint density at radius 3 is 2.15 bits per heavy atom. The maximum Gasteiger partial charge on any atom is 0.408 e. The molecular formula is C31H37N3O6. The van der Waals surface area contributed by atoms with Gasteiger partial charge in [0.15, 0.2) is 0 Å². The quantitative estimate of drug-likeness (QED) is 0.299. The van der Waals surface area contributed by atoms with E-state index >= 15 is 0 Å². The number of nitrogens with one attached hydrogen (secondary N) is 2. The van der Waals surface area contributed by atoms with Gasteiger partial charge in [-0.05, 0) is 62.6 Å². The molecule has 0 spiro atoms. The summed E-state index contributed by atoms with van der Waals surface area (Å²) in [6, 6.07) is 20.1. The van der Waals surface area contributed by atoms with E-state index in [0.717, 1.165) is 5.56 Å². The molecule has 0 aliphatic carbocycles. The first-order chi connectivity index (χ1) is 19.0. The predicted molar refractivity (Wildman–Crippen MR) is 153 cm³/mol. The van der Waals surface area contributed by atoms with Gasteiger partial charge in [-0.1, -0.05) is 60.7 Å². The number of aryl methyl sites for hydroxylation is 1. The SMILES string of the molecule is Cc1ccccc1NC(=O)C(c1ccccc1)N(CCO)C(=O)C(Cc1ccc(O)cc1)NC(=O)OC(C)(C)C. The van der Waals surface area contributed by atoms with Gasteiger partial charge in [-0.3, -0.25) is 9.59 Å². The zero-order valence-corrected chi connectivity index (χ0v) is 23.3. The highest BCUT2D eigenvalue weighted by Gasteiger charge is 2.36. The van der Waals surface area contributed by atoms with E-state index < -0.39 is 42.2 Å². The molecule has 0 aliphatic rings. The number of carbonyl (C=O) groups excluding carboxylic acids is 3. The number of nitrogens with zero attached hydrogens (tertiary/aromatic N) is 1. The number of rotatable bonds is 10. The van der Waals surface area contributed by atoms with Gasteiger partial charge in [-0.25, -0.2) is 4.79 Å². The molecule has 3 aromatic carbocycles. The molecule has 4 N–H and O–H groups in total. The van der Waals surface area contributed by atoms with Crippen molar-refractivity contribution in [1.29, 1.82) is 0 Å². The van der Waals surface area contributed by atoms with Gasteiger partial charge in [0.05, 0.1) is 6.61 Å². The highest BCUT2D eigenvalue weighted by molar-refractivity contribution is 5.99. The summed E-state index contributed by atoms with van der Waals surface area (Å²) in [6.07, 6.45) is -0.740. The van der Waals surface area contributed by atoms with Gasteiger partial charge in [0.2, 0.25) is 5.91 Å². The third-order valence-electron chi connectivity index (χ3n) is 6.07. The van der Waals surface area contributed by atoms with Gasteiger partial charge in [-0.2, -0.15) is 0 Å². The molecule has 0 fully saturated rings. The molecule has 3 rings (SSSR count). The Bertz CT molecular complexity index is 1290. The van der Waals surface area contributed by atoms with Gasteiger partial charge in [0.25, 0.3) is 5.91 Å². The molecule has 2 unspecified atom stereocenters. The lowest BCUT2D eigenvalue weighted by atomic mass is 10.00. The first-order valence-corrected chi connectivity index (χ1v) is 13.1. The molecule has 40 heavy (non-hydrogen) atoms. The van der Waals surface area contributed by atoms with E-state index in [0.29, 0.717) is 16.8 Å². The minimum Gasteiger partial charge on any atom is -0.508 e. The van der Waals surface area contributed by atoms with Crippen molar-refractivity contribution >= 4 is 23.6 Å². The van der Waals surface area contributed by atoms with Gasteiger partial charge >= 0.3 is 6.09 Å². The summed E-state index contributed by atoms with van der Waals surface area (Å²) in [4.78, 5) is 42.0. The molecule has 0 radical (unpaired) electrons. The van der Waals surface area contributed by atoms with Crippen LogP contribution in [0.4, 0.5) is 10.5 Å². The van der Waals surface area contributed by atoms with Gasteiger partial charge in [-0.15, -0.1) is 0 Å².